The molecule has 1 N–H and O–H groups in total. The number of nitrogens with zero attached hydrogens (tertiary/aromatic N) is 1. The molecule has 0 unspecified atom stereocenters. The second kappa shape index (κ2) is 4.05. The fourth-order valence-electron chi connectivity index (χ4n) is 0.875. The lowest BCUT2D eigenvalue weighted by atomic mass is 10.2. The quantitative estimate of drug-likeness (QED) is 0.716. The van der Waals surface area contributed by atoms with Crippen LogP contribution in [0.1, 0.15) is 18.4 Å². The van der Waals surface area contributed by atoms with Gasteiger partial charge in [-0.1, -0.05) is 0 Å². The van der Waals surface area contributed by atoms with Crippen LogP contribution in [0.15, 0.2) is 12.4 Å². The minimum Gasteiger partial charge on any atom is -0.285 e. The molecule has 0 saturated heterocycles. The van der Waals surface area contributed by atoms with E-state index in [1.54, 1.807) is 12.4 Å². The molecular formula is C7H10F2N2. The van der Waals surface area contributed by atoms with Gasteiger partial charge in [0.1, 0.15) is 0 Å². The number of aromatic amines is 1. The van der Waals surface area contributed by atoms with Crippen LogP contribution in [-0.4, -0.2) is 16.6 Å². The lowest BCUT2D eigenvalue weighted by Crippen LogP contribution is -1.91. The zero-order chi connectivity index (χ0) is 8.10. The lowest BCUT2D eigenvalue weighted by Gasteiger charge is -1.96. The summed E-state index contributed by atoms with van der Waals surface area (Å²) in [5, 5.41) is 6.34. The maximum Gasteiger partial charge on any atom is 0.238 e. The van der Waals surface area contributed by atoms with E-state index in [9.17, 15) is 8.78 Å². The molecule has 0 radical (unpaired) electrons. The molecule has 0 spiro atoms. The van der Waals surface area contributed by atoms with Gasteiger partial charge in [-0.25, -0.2) is 8.78 Å². The van der Waals surface area contributed by atoms with Gasteiger partial charge in [0.15, 0.2) is 0 Å². The molecule has 2 nitrogen and oxygen atoms in total. The molecule has 0 aliphatic carbocycles. The fraction of sp³-hybridized carbons (Fsp3) is 0.571. The molecule has 0 bridgehead atoms. The molecule has 0 fully saturated rings. The SMILES string of the molecule is FC(F)CCCc1cn[nH]c1. The van der Waals surface area contributed by atoms with Gasteiger partial charge in [0.05, 0.1) is 6.20 Å². The van der Waals surface area contributed by atoms with Gasteiger partial charge in [-0.05, 0) is 18.4 Å². The standard InChI is InChI=1S/C7H10F2N2/c8-7(9)3-1-2-6-4-10-11-5-6/h4-5,7H,1-3H2,(H,10,11). The van der Waals surface area contributed by atoms with Crippen molar-refractivity contribution >= 4 is 0 Å². The summed E-state index contributed by atoms with van der Waals surface area (Å²) in [6.07, 6.45) is 2.39. The van der Waals surface area contributed by atoms with Crippen LogP contribution >= 0.6 is 0 Å². The summed E-state index contributed by atoms with van der Waals surface area (Å²) >= 11 is 0. The van der Waals surface area contributed by atoms with Gasteiger partial charge in [0.25, 0.3) is 0 Å². The summed E-state index contributed by atoms with van der Waals surface area (Å²) < 4.78 is 23.3. The normalized spacial score (nSPS) is 10.8. The lowest BCUT2D eigenvalue weighted by molar-refractivity contribution is 0.135. The molecule has 0 saturated carbocycles. The molecule has 62 valence electrons. The van der Waals surface area contributed by atoms with Gasteiger partial charge in [-0.2, -0.15) is 5.10 Å². The Kier molecular flexibility index (Phi) is 3.01. The molecule has 4 heteroatoms. The number of nitrogens with one attached hydrogen (secondary N) is 1. The molecule has 1 rings (SSSR count). The monoisotopic (exact) mass is 160 g/mol. The summed E-state index contributed by atoms with van der Waals surface area (Å²) in [7, 11) is 0. The molecule has 1 aromatic rings. The van der Waals surface area contributed by atoms with Crippen molar-refractivity contribution < 1.29 is 8.78 Å². The topological polar surface area (TPSA) is 28.7 Å². The Labute approximate surface area is 63.6 Å². The van der Waals surface area contributed by atoms with E-state index < -0.39 is 6.43 Å². The third-order valence-electron chi connectivity index (χ3n) is 1.44. The zero-order valence-electron chi connectivity index (χ0n) is 6.06. The van der Waals surface area contributed by atoms with Gasteiger partial charge >= 0.3 is 0 Å². The highest BCUT2D eigenvalue weighted by molar-refractivity contribution is 5.01. The minimum atomic E-state index is -2.18. The average molecular weight is 160 g/mol. The molecule has 0 amide bonds. The van der Waals surface area contributed by atoms with Crippen LogP contribution in [0.25, 0.3) is 0 Å². The highest BCUT2D eigenvalue weighted by Gasteiger charge is 2.01. The predicted octanol–water partition coefficient (Wildman–Crippen LogP) is 2.00. The Balaban J connectivity index is 2.14. The molecule has 0 atom stereocenters. The first-order valence-corrected chi connectivity index (χ1v) is 3.55. The van der Waals surface area contributed by atoms with Crippen LogP contribution in [0.3, 0.4) is 0 Å². The number of hydrogen-bond acceptors (Lipinski definition) is 1. The van der Waals surface area contributed by atoms with Crippen molar-refractivity contribution in [2.75, 3.05) is 0 Å². The summed E-state index contributed by atoms with van der Waals surface area (Å²) in [4.78, 5) is 0. The van der Waals surface area contributed by atoms with Gasteiger partial charge < -0.3 is 0 Å². The number of aromatic nitrogens is 2. The smallest absolute Gasteiger partial charge is 0.238 e. The highest BCUT2D eigenvalue weighted by atomic mass is 19.3. The third-order valence-corrected chi connectivity index (χ3v) is 1.44. The first-order valence-electron chi connectivity index (χ1n) is 3.55. The highest BCUT2D eigenvalue weighted by Crippen LogP contribution is 2.07. The van der Waals surface area contributed by atoms with Crippen molar-refractivity contribution in [3.8, 4) is 0 Å². The van der Waals surface area contributed by atoms with E-state index in [4.69, 9.17) is 0 Å². The fourth-order valence-corrected chi connectivity index (χ4v) is 0.875. The van der Waals surface area contributed by atoms with Crippen LogP contribution in [0.4, 0.5) is 8.78 Å². The maximum atomic E-state index is 11.6. The molecular weight excluding hydrogens is 150 g/mol. The Morgan fingerprint density at radius 2 is 2.36 bits per heavy atom. The molecule has 0 aliphatic rings. The number of alkyl halides is 2. The summed E-state index contributed by atoms with van der Waals surface area (Å²) in [6.45, 7) is 0. The van der Waals surface area contributed by atoms with Crippen molar-refractivity contribution in [1.29, 1.82) is 0 Å². The van der Waals surface area contributed by atoms with Gasteiger partial charge in [-0.3, -0.25) is 5.10 Å². The van der Waals surface area contributed by atoms with Gasteiger partial charge in [0.2, 0.25) is 6.43 Å². The van der Waals surface area contributed by atoms with Crippen molar-refractivity contribution in [3.63, 3.8) is 0 Å². The van der Waals surface area contributed by atoms with Gasteiger partial charge in [0, 0.05) is 12.6 Å². The Morgan fingerprint density at radius 1 is 1.55 bits per heavy atom. The molecule has 11 heavy (non-hydrogen) atoms. The van der Waals surface area contributed by atoms with Crippen LogP contribution in [-0.2, 0) is 6.42 Å². The minimum absolute atomic E-state index is 0.0226. The maximum absolute atomic E-state index is 11.6. The third kappa shape index (κ3) is 3.11. The molecule has 0 aromatic carbocycles. The first kappa shape index (κ1) is 8.17. The zero-order valence-corrected chi connectivity index (χ0v) is 6.06. The first-order chi connectivity index (χ1) is 5.29. The second-order valence-electron chi connectivity index (χ2n) is 2.39. The van der Waals surface area contributed by atoms with E-state index in [0.717, 1.165) is 5.56 Å². The van der Waals surface area contributed by atoms with Crippen molar-refractivity contribution in [3.05, 3.63) is 18.0 Å². The van der Waals surface area contributed by atoms with Crippen LogP contribution in [0.5, 0.6) is 0 Å². The largest absolute Gasteiger partial charge is 0.285 e. The van der Waals surface area contributed by atoms with E-state index in [-0.39, 0.29) is 6.42 Å². The van der Waals surface area contributed by atoms with Crippen LogP contribution in [0, 0.1) is 0 Å². The number of aryl methyl sites for hydroxylation is 1. The Morgan fingerprint density at radius 3 is 2.91 bits per heavy atom. The van der Waals surface area contributed by atoms with E-state index in [1.165, 1.54) is 0 Å². The summed E-state index contributed by atoms with van der Waals surface area (Å²) in [6, 6.07) is 0. The average Bonchev–Trinajstić information content (AvgIpc) is 2.39. The summed E-state index contributed by atoms with van der Waals surface area (Å²) in [5.74, 6) is 0. The van der Waals surface area contributed by atoms with E-state index >= 15 is 0 Å². The number of halogens is 2. The summed E-state index contributed by atoms with van der Waals surface area (Å²) in [5.41, 5.74) is 0.991. The molecule has 0 aliphatic heterocycles. The van der Waals surface area contributed by atoms with Gasteiger partial charge in [-0.15, -0.1) is 0 Å². The molecule has 1 aromatic heterocycles. The van der Waals surface area contributed by atoms with E-state index in [2.05, 4.69) is 10.2 Å². The second-order valence-corrected chi connectivity index (χ2v) is 2.39. The Hall–Kier alpha value is -0.930. The van der Waals surface area contributed by atoms with Crippen LogP contribution < -0.4 is 0 Å². The number of H-pyrrole nitrogens is 1. The van der Waals surface area contributed by atoms with Crippen LogP contribution in [0.2, 0.25) is 0 Å². The number of hydrogen-bond donors (Lipinski definition) is 1. The van der Waals surface area contributed by atoms with Crippen molar-refractivity contribution in [2.45, 2.75) is 25.7 Å². The Bertz CT molecular complexity index is 184. The van der Waals surface area contributed by atoms with Crippen molar-refractivity contribution in [1.82, 2.24) is 10.2 Å². The van der Waals surface area contributed by atoms with Crippen molar-refractivity contribution in [2.24, 2.45) is 0 Å². The van der Waals surface area contributed by atoms with E-state index in [1.807, 2.05) is 0 Å². The number of rotatable bonds is 4. The molecule has 1 heterocycles. The predicted molar refractivity (Wildman–Crippen MR) is 37.5 cm³/mol. The van der Waals surface area contributed by atoms with E-state index in [0.29, 0.717) is 12.8 Å².